The number of rotatable bonds is 18. The molecule has 0 radical (unpaired) electrons. The standard InChI is InChI=1S/C24H36N3O11P/c1-3-4-5-13-27(14-12-22(31)32)24(34)19(10-11-21(29)30)26-23(33)20(25-16(2)28)15-17-6-8-18(9-7-17)38-39(35,36)37/h6-9,19-20H,3-5,10-15H2,1-2H3,(H,25,28)(H,26,33)(H,29,30)(H,31,32)(H2,35,36,37)/t19-,20-/m0/s1. The van der Waals surface area contributed by atoms with Gasteiger partial charge in [0.15, 0.2) is 0 Å². The molecule has 39 heavy (non-hydrogen) atoms. The predicted molar refractivity (Wildman–Crippen MR) is 138 cm³/mol. The summed E-state index contributed by atoms with van der Waals surface area (Å²) in [5.74, 6) is -4.36. The smallest absolute Gasteiger partial charge is 0.481 e. The quantitative estimate of drug-likeness (QED) is 0.108. The third kappa shape index (κ3) is 14.3. The van der Waals surface area contributed by atoms with Crippen LogP contribution in [0.2, 0.25) is 0 Å². The van der Waals surface area contributed by atoms with Gasteiger partial charge in [-0.25, -0.2) is 4.57 Å². The highest BCUT2D eigenvalue weighted by molar-refractivity contribution is 7.46. The molecule has 1 rings (SSSR count). The van der Waals surface area contributed by atoms with Crippen LogP contribution < -0.4 is 15.2 Å². The van der Waals surface area contributed by atoms with Gasteiger partial charge >= 0.3 is 19.8 Å². The highest BCUT2D eigenvalue weighted by atomic mass is 31.2. The average molecular weight is 574 g/mol. The summed E-state index contributed by atoms with van der Waals surface area (Å²) in [5.41, 5.74) is 0.484. The second-order valence-corrected chi connectivity index (χ2v) is 10.0. The van der Waals surface area contributed by atoms with Gasteiger partial charge in [0.05, 0.1) is 6.42 Å². The van der Waals surface area contributed by atoms with E-state index in [9.17, 15) is 28.5 Å². The van der Waals surface area contributed by atoms with E-state index in [0.717, 1.165) is 12.8 Å². The molecule has 0 fully saturated rings. The Morgan fingerprint density at radius 2 is 1.54 bits per heavy atom. The third-order valence-electron chi connectivity index (χ3n) is 5.48. The minimum Gasteiger partial charge on any atom is -0.481 e. The lowest BCUT2D eigenvalue weighted by atomic mass is 10.0. The van der Waals surface area contributed by atoms with Gasteiger partial charge in [-0.3, -0.25) is 33.8 Å². The first-order valence-corrected chi connectivity index (χ1v) is 13.9. The fourth-order valence-electron chi connectivity index (χ4n) is 3.65. The molecule has 0 saturated heterocycles. The molecule has 1 aromatic rings. The molecule has 15 heteroatoms. The van der Waals surface area contributed by atoms with Gasteiger partial charge in [-0.1, -0.05) is 31.9 Å². The highest BCUT2D eigenvalue weighted by Crippen LogP contribution is 2.37. The summed E-state index contributed by atoms with van der Waals surface area (Å²) in [6.45, 7) is 3.26. The van der Waals surface area contributed by atoms with Gasteiger partial charge in [-0.2, -0.15) is 0 Å². The zero-order chi connectivity index (χ0) is 29.6. The van der Waals surface area contributed by atoms with Gasteiger partial charge in [-0.05, 0) is 30.5 Å². The van der Waals surface area contributed by atoms with Crippen LogP contribution in [0, 0.1) is 0 Å². The normalized spacial score (nSPS) is 12.6. The number of hydrogen-bond acceptors (Lipinski definition) is 7. The summed E-state index contributed by atoms with van der Waals surface area (Å²) in [6.07, 6.45) is 1.14. The van der Waals surface area contributed by atoms with Crippen LogP contribution in [0.5, 0.6) is 5.75 Å². The Kier molecular flexibility index (Phi) is 14.2. The van der Waals surface area contributed by atoms with Gasteiger partial charge < -0.3 is 30.3 Å². The monoisotopic (exact) mass is 573 g/mol. The number of carbonyl (C=O) groups excluding carboxylic acids is 3. The van der Waals surface area contributed by atoms with Gasteiger partial charge in [-0.15, -0.1) is 0 Å². The minimum atomic E-state index is -4.76. The molecule has 14 nitrogen and oxygen atoms in total. The van der Waals surface area contributed by atoms with E-state index >= 15 is 0 Å². The summed E-state index contributed by atoms with van der Waals surface area (Å²) >= 11 is 0. The number of nitrogens with one attached hydrogen (secondary N) is 2. The van der Waals surface area contributed by atoms with Gasteiger partial charge in [0.2, 0.25) is 17.7 Å². The molecule has 218 valence electrons. The number of nitrogens with zero attached hydrogens (tertiary/aromatic N) is 1. The van der Waals surface area contributed by atoms with E-state index in [1.807, 2.05) is 6.92 Å². The first-order valence-electron chi connectivity index (χ1n) is 12.4. The van der Waals surface area contributed by atoms with Crippen LogP contribution in [0.15, 0.2) is 24.3 Å². The van der Waals surface area contributed by atoms with Crippen molar-refractivity contribution in [3.05, 3.63) is 29.8 Å². The maximum Gasteiger partial charge on any atom is 0.524 e. The van der Waals surface area contributed by atoms with Crippen molar-refractivity contribution in [2.45, 2.75) is 70.9 Å². The van der Waals surface area contributed by atoms with Gasteiger partial charge in [0.25, 0.3) is 0 Å². The number of phosphoric acid groups is 1. The first kappa shape index (κ1) is 33.5. The molecule has 6 N–H and O–H groups in total. The van der Waals surface area contributed by atoms with E-state index in [1.54, 1.807) is 0 Å². The Morgan fingerprint density at radius 1 is 0.923 bits per heavy atom. The second-order valence-electron chi connectivity index (χ2n) is 8.85. The summed E-state index contributed by atoms with van der Waals surface area (Å²) in [6, 6.07) is 2.95. The Labute approximate surface area is 226 Å². The van der Waals surface area contributed by atoms with Gasteiger partial charge in [0.1, 0.15) is 17.8 Å². The molecule has 0 heterocycles. The summed E-state index contributed by atoms with van der Waals surface area (Å²) in [4.78, 5) is 79.7. The molecule has 0 bridgehead atoms. The number of hydrogen-bond donors (Lipinski definition) is 6. The zero-order valence-corrected chi connectivity index (χ0v) is 22.8. The van der Waals surface area contributed by atoms with Crippen LogP contribution in [0.3, 0.4) is 0 Å². The number of carboxylic acids is 2. The predicted octanol–water partition coefficient (Wildman–Crippen LogP) is 1.05. The summed E-state index contributed by atoms with van der Waals surface area (Å²) < 4.78 is 15.5. The number of carbonyl (C=O) groups is 5. The molecule has 0 saturated carbocycles. The van der Waals surface area contributed by atoms with Crippen LogP contribution in [-0.4, -0.2) is 79.7 Å². The van der Waals surface area contributed by atoms with Gasteiger partial charge in [0, 0.05) is 32.9 Å². The van der Waals surface area contributed by atoms with E-state index in [1.165, 1.54) is 36.1 Å². The molecular formula is C24H36N3O11P. The van der Waals surface area contributed by atoms with E-state index in [4.69, 9.17) is 20.0 Å². The van der Waals surface area contributed by atoms with Crippen molar-refractivity contribution in [1.29, 1.82) is 0 Å². The lowest BCUT2D eigenvalue weighted by Crippen LogP contribution is -2.55. The number of aliphatic carboxylic acids is 2. The van der Waals surface area contributed by atoms with Crippen molar-refractivity contribution >= 4 is 37.5 Å². The molecule has 0 aliphatic heterocycles. The number of amides is 3. The van der Waals surface area contributed by atoms with Crippen LogP contribution in [0.1, 0.15) is 57.9 Å². The SMILES string of the molecule is CCCCCN(CCC(=O)O)C(=O)[C@H](CCC(=O)O)NC(=O)[C@H](Cc1ccc(OP(=O)(O)O)cc1)NC(C)=O. The Bertz CT molecular complexity index is 1040. The molecule has 2 atom stereocenters. The summed E-state index contributed by atoms with van der Waals surface area (Å²) in [5, 5.41) is 23.2. The fraction of sp³-hybridized carbons (Fsp3) is 0.542. The third-order valence-corrected chi connectivity index (χ3v) is 5.93. The lowest BCUT2D eigenvalue weighted by molar-refractivity contribution is -0.141. The van der Waals surface area contributed by atoms with Crippen molar-refractivity contribution in [2.24, 2.45) is 0 Å². The van der Waals surface area contributed by atoms with Crippen LogP contribution in [0.4, 0.5) is 0 Å². The number of phosphoric ester groups is 1. The average Bonchev–Trinajstić information content (AvgIpc) is 2.82. The van der Waals surface area contributed by atoms with E-state index < -0.39 is 56.0 Å². The number of benzene rings is 1. The Morgan fingerprint density at radius 3 is 2.05 bits per heavy atom. The molecule has 0 spiro atoms. The molecular weight excluding hydrogens is 537 g/mol. The molecule has 0 aliphatic carbocycles. The van der Waals surface area contributed by atoms with Crippen molar-refractivity contribution < 1.29 is 53.1 Å². The largest absolute Gasteiger partial charge is 0.524 e. The van der Waals surface area contributed by atoms with Crippen LogP contribution in [0.25, 0.3) is 0 Å². The zero-order valence-electron chi connectivity index (χ0n) is 21.9. The molecule has 1 aromatic carbocycles. The van der Waals surface area contributed by atoms with Crippen molar-refractivity contribution in [3.8, 4) is 5.75 Å². The molecule has 3 amide bonds. The maximum absolute atomic E-state index is 13.3. The van der Waals surface area contributed by atoms with Crippen LogP contribution >= 0.6 is 7.82 Å². The Hall–Kier alpha value is -3.48. The topological polar surface area (TPSA) is 220 Å². The van der Waals surface area contributed by atoms with Crippen molar-refractivity contribution in [1.82, 2.24) is 15.5 Å². The van der Waals surface area contributed by atoms with Crippen molar-refractivity contribution in [2.75, 3.05) is 13.1 Å². The first-order chi connectivity index (χ1) is 18.2. The number of unbranched alkanes of at least 4 members (excludes halogenated alkanes) is 2. The molecule has 0 aliphatic rings. The Balaban J connectivity index is 3.12. The van der Waals surface area contributed by atoms with E-state index in [0.29, 0.717) is 12.0 Å². The van der Waals surface area contributed by atoms with Crippen molar-refractivity contribution in [3.63, 3.8) is 0 Å². The maximum atomic E-state index is 13.3. The van der Waals surface area contributed by atoms with E-state index in [2.05, 4.69) is 15.2 Å². The van der Waals surface area contributed by atoms with E-state index in [-0.39, 0.29) is 38.1 Å². The molecule has 0 unspecified atom stereocenters. The summed E-state index contributed by atoms with van der Waals surface area (Å²) in [7, 11) is -4.76. The highest BCUT2D eigenvalue weighted by Gasteiger charge is 2.30. The minimum absolute atomic E-state index is 0.0688. The fourth-order valence-corrected chi connectivity index (χ4v) is 4.04. The molecule has 0 aromatic heterocycles. The second kappa shape index (κ2) is 16.5. The van der Waals surface area contributed by atoms with Crippen LogP contribution in [-0.2, 0) is 35.0 Å². The lowest BCUT2D eigenvalue weighted by Gasteiger charge is -2.29. The number of carboxylic acid groups (broad SMARTS) is 2.